The molecule has 2 atom stereocenters. The molecule has 0 spiro atoms. The van der Waals surface area contributed by atoms with Gasteiger partial charge in [-0.25, -0.2) is 0 Å². The number of nitrogens with two attached hydrogens (primary N) is 3. The summed E-state index contributed by atoms with van der Waals surface area (Å²) in [5, 5.41) is 25.5. The van der Waals surface area contributed by atoms with E-state index in [9.17, 15) is 19.5 Å². The minimum atomic E-state index is -0.674. The Morgan fingerprint density at radius 1 is 0.864 bits per heavy atom. The third kappa shape index (κ3) is 18.8. The summed E-state index contributed by atoms with van der Waals surface area (Å²) in [6, 6.07) is 2.44. The van der Waals surface area contributed by atoms with E-state index in [2.05, 4.69) is 76.8 Å². The summed E-state index contributed by atoms with van der Waals surface area (Å²) in [6.45, 7) is 6.87. The van der Waals surface area contributed by atoms with Crippen molar-refractivity contribution in [1.29, 1.82) is 0 Å². The topological polar surface area (TPSA) is 222 Å². The maximum Gasteiger partial charge on any atom is 0.242 e. The van der Waals surface area contributed by atoms with Gasteiger partial charge in [0.15, 0.2) is 5.96 Å². The highest BCUT2D eigenvalue weighted by Crippen LogP contribution is 2.27. The van der Waals surface area contributed by atoms with E-state index in [-0.39, 0.29) is 29.4 Å². The second-order valence-corrected chi connectivity index (χ2v) is 12.9. The van der Waals surface area contributed by atoms with Gasteiger partial charge in [-0.1, -0.05) is 6.92 Å². The van der Waals surface area contributed by atoms with Crippen molar-refractivity contribution in [1.82, 2.24) is 26.6 Å². The number of phenols is 1. The number of amides is 3. The van der Waals surface area contributed by atoms with Gasteiger partial charge in [-0.05, 0) is 134 Å². The molecule has 13 nitrogen and oxygen atoms in total. The van der Waals surface area contributed by atoms with Gasteiger partial charge in [-0.3, -0.25) is 19.4 Å². The molecule has 0 unspecified atom stereocenters. The van der Waals surface area contributed by atoms with Crippen molar-refractivity contribution in [3.8, 4) is 5.75 Å². The largest absolute Gasteiger partial charge is 0.506 e. The van der Waals surface area contributed by atoms with Gasteiger partial charge in [0.2, 0.25) is 17.7 Å². The quantitative estimate of drug-likeness (QED) is 0.0311. The highest BCUT2D eigenvalue weighted by Gasteiger charge is 2.21. The number of nitrogens with one attached hydrogen (secondary N) is 5. The van der Waals surface area contributed by atoms with E-state index in [1.807, 2.05) is 19.1 Å². The molecule has 3 amide bonds. The fourth-order valence-electron chi connectivity index (χ4n) is 4.18. The van der Waals surface area contributed by atoms with E-state index in [0.29, 0.717) is 58.9 Å². The van der Waals surface area contributed by atoms with Crippen molar-refractivity contribution < 1.29 is 19.5 Å². The fraction of sp³-hybridized carbons (Fsp3) is 0.655. The number of hydrogen-bond donors (Lipinski definition) is 9. The Kier molecular flexibility index (Phi) is 22.1. The zero-order valence-electron chi connectivity index (χ0n) is 25.7. The number of benzene rings is 1. The highest BCUT2D eigenvalue weighted by molar-refractivity contribution is 14.1. The van der Waals surface area contributed by atoms with Gasteiger partial charge in [-0.2, -0.15) is 0 Å². The first kappa shape index (κ1) is 40.1. The maximum absolute atomic E-state index is 12.9. The number of nitrogens with zero attached hydrogens (tertiary/aromatic N) is 1. The first-order valence-corrected chi connectivity index (χ1v) is 17.4. The van der Waals surface area contributed by atoms with Crippen LogP contribution in [0.2, 0.25) is 0 Å². The monoisotopic (exact) mass is 839 g/mol. The molecule has 0 radical (unpaired) electrons. The average molecular weight is 840 g/mol. The predicted octanol–water partition coefficient (Wildman–Crippen LogP) is 0.782. The van der Waals surface area contributed by atoms with Crippen LogP contribution in [0.25, 0.3) is 0 Å². The molecule has 0 aliphatic rings. The summed E-state index contributed by atoms with van der Waals surface area (Å²) in [5.74, 6) is -0.243. The Hall–Kier alpha value is -1.96. The van der Waals surface area contributed by atoms with E-state index in [1.165, 1.54) is 0 Å². The molecule has 250 valence electrons. The first-order chi connectivity index (χ1) is 21.0. The molecule has 0 saturated heterocycles. The Balaban J connectivity index is 2.14. The van der Waals surface area contributed by atoms with Crippen LogP contribution >= 0.6 is 45.2 Å². The molecule has 0 bridgehead atoms. The van der Waals surface area contributed by atoms with Gasteiger partial charge in [-0.15, -0.1) is 0 Å². The Labute approximate surface area is 288 Å². The number of phenolic OH excluding ortho intramolecular Hbond substituents is 1. The van der Waals surface area contributed by atoms with Crippen LogP contribution in [-0.2, 0) is 20.8 Å². The predicted molar refractivity (Wildman–Crippen MR) is 192 cm³/mol. The SMILES string of the molecule is CCCC(=O)N[C@@H](Cc1cc([125I])c(O)c([125I])c1)C(=O)NCCCNCCCCNCCCNC(=O)[C@@H](N)CCCN=C(N)N. The summed E-state index contributed by atoms with van der Waals surface area (Å²) < 4.78 is 1.42. The Morgan fingerprint density at radius 2 is 1.41 bits per heavy atom. The van der Waals surface area contributed by atoms with Crippen LogP contribution in [0.1, 0.15) is 63.9 Å². The fourth-order valence-corrected chi connectivity index (χ4v) is 6.08. The van der Waals surface area contributed by atoms with E-state index in [0.717, 1.165) is 57.4 Å². The number of carbonyl (C=O) groups is 3. The van der Waals surface area contributed by atoms with Crippen LogP contribution in [0.5, 0.6) is 5.75 Å². The summed E-state index contributed by atoms with van der Waals surface area (Å²) in [4.78, 5) is 41.0. The minimum absolute atomic E-state index is 0.0410. The van der Waals surface area contributed by atoms with Gasteiger partial charge in [0.25, 0.3) is 0 Å². The number of aromatic hydroxyl groups is 1. The molecular formula is C29H51I2N9O4. The zero-order valence-corrected chi connectivity index (χ0v) is 30.0. The van der Waals surface area contributed by atoms with Crippen molar-refractivity contribution in [3.05, 3.63) is 24.8 Å². The third-order valence-corrected chi connectivity index (χ3v) is 8.21. The molecule has 15 heteroatoms. The van der Waals surface area contributed by atoms with Crippen molar-refractivity contribution >= 4 is 68.9 Å². The van der Waals surface area contributed by atoms with Crippen molar-refractivity contribution in [2.24, 2.45) is 22.2 Å². The van der Waals surface area contributed by atoms with Gasteiger partial charge in [0.05, 0.1) is 13.2 Å². The molecule has 0 aliphatic heterocycles. The van der Waals surface area contributed by atoms with Crippen LogP contribution in [-0.4, -0.2) is 86.7 Å². The Bertz CT molecular complexity index is 1020. The van der Waals surface area contributed by atoms with Crippen molar-refractivity contribution in [2.75, 3.05) is 45.8 Å². The van der Waals surface area contributed by atoms with Gasteiger partial charge < -0.3 is 48.9 Å². The molecule has 0 aromatic heterocycles. The zero-order chi connectivity index (χ0) is 32.7. The summed E-state index contributed by atoms with van der Waals surface area (Å²) in [5.41, 5.74) is 17.3. The van der Waals surface area contributed by atoms with Crippen LogP contribution in [0.15, 0.2) is 17.1 Å². The van der Waals surface area contributed by atoms with E-state index in [1.54, 1.807) is 0 Å². The summed E-state index contributed by atoms with van der Waals surface area (Å²) >= 11 is 4.13. The van der Waals surface area contributed by atoms with Crippen LogP contribution in [0.4, 0.5) is 0 Å². The molecule has 1 rings (SSSR count). The second-order valence-electron chi connectivity index (χ2n) is 10.5. The molecule has 1 aromatic rings. The van der Waals surface area contributed by atoms with Gasteiger partial charge in [0, 0.05) is 32.5 Å². The molecule has 0 aliphatic carbocycles. The van der Waals surface area contributed by atoms with E-state index >= 15 is 0 Å². The molecular weight excluding hydrogens is 788 g/mol. The summed E-state index contributed by atoms with van der Waals surface area (Å²) in [7, 11) is 0. The lowest BCUT2D eigenvalue weighted by molar-refractivity contribution is -0.129. The number of guanidine groups is 1. The van der Waals surface area contributed by atoms with Crippen molar-refractivity contribution in [3.63, 3.8) is 0 Å². The number of unbranched alkanes of at least 4 members (excludes halogenated alkanes) is 1. The molecule has 12 N–H and O–H groups in total. The maximum atomic E-state index is 12.9. The third-order valence-electron chi connectivity index (χ3n) is 6.57. The number of aliphatic imine (C=N–C) groups is 1. The summed E-state index contributed by atoms with van der Waals surface area (Å²) in [6.07, 6.45) is 6.28. The molecule has 44 heavy (non-hydrogen) atoms. The smallest absolute Gasteiger partial charge is 0.242 e. The molecule has 0 saturated carbocycles. The number of carbonyl (C=O) groups excluding carboxylic acids is 3. The van der Waals surface area contributed by atoms with Crippen LogP contribution in [0.3, 0.4) is 0 Å². The van der Waals surface area contributed by atoms with Crippen LogP contribution < -0.4 is 43.8 Å². The number of hydrogen-bond acceptors (Lipinski definition) is 8. The van der Waals surface area contributed by atoms with Gasteiger partial charge >= 0.3 is 0 Å². The molecule has 1 aromatic carbocycles. The highest BCUT2D eigenvalue weighted by atomic mass is 125. The second kappa shape index (κ2) is 24.3. The van der Waals surface area contributed by atoms with Crippen LogP contribution in [0, 0.1) is 7.14 Å². The number of rotatable bonds is 24. The Morgan fingerprint density at radius 3 is 1.95 bits per heavy atom. The lowest BCUT2D eigenvalue weighted by Gasteiger charge is -2.19. The van der Waals surface area contributed by atoms with E-state index < -0.39 is 12.1 Å². The minimum Gasteiger partial charge on any atom is -0.506 e. The molecule has 0 fully saturated rings. The molecule has 0 heterocycles. The standard InChI is InChI=1S/C29H51I2N9O4/c1-2-8-25(41)40-24(19-20-17-21(30)26(42)22(31)18-20)28(44)38-16-7-13-36-11-4-3-10-35-12-6-15-37-27(43)23(32)9-5-14-39-29(33)34/h17-18,23-24,35-36,42H,2-16,19,32H2,1H3,(H,37,43)(H,38,44)(H,40,41)(H4,33,34,39)/t23-,24-/m0/s1/i30-2,31-2. The van der Waals surface area contributed by atoms with Crippen molar-refractivity contribution in [2.45, 2.75) is 76.8 Å². The van der Waals surface area contributed by atoms with E-state index in [4.69, 9.17) is 17.2 Å². The normalized spacial score (nSPS) is 12.3. The lowest BCUT2D eigenvalue weighted by Crippen LogP contribution is -2.48. The first-order valence-electron chi connectivity index (χ1n) is 15.3. The number of halogens is 2. The average Bonchev–Trinajstić information content (AvgIpc) is 2.97. The van der Waals surface area contributed by atoms with Gasteiger partial charge in [0.1, 0.15) is 11.8 Å². The lowest BCUT2D eigenvalue weighted by atomic mass is 10.0.